The van der Waals surface area contributed by atoms with Crippen LogP contribution < -0.4 is 34.9 Å². The summed E-state index contributed by atoms with van der Waals surface area (Å²) in [4.78, 5) is 0. The van der Waals surface area contributed by atoms with Crippen LogP contribution in [-0.2, 0) is 15.0 Å². The minimum Gasteiger partial charge on any atom is -0.776 e. The van der Waals surface area contributed by atoms with E-state index in [1.807, 2.05) is 0 Å². The minimum absolute atomic E-state index is 0. The van der Waals surface area contributed by atoms with E-state index in [1.54, 1.807) is 0 Å². The number of rotatable bonds is 18. The third-order valence-electron chi connectivity index (χ3n) is 9.77. The Bertz CT molecular complexity index is 1910. The number of benzene rings is 4. The monoisotopic (exact) mass is 729 g/mol. The number of hydrogen-bond donors (Lipinski definition) is 2. The molecule has 0 saturated carbocycles. The Labute approximate surface area is 335 Å². The van der Waals surface area contributed by atoms with E-state index in [0.717, 1.165) is 62.3 Å². The molecule has 0 aliphatic carbocycles. The number of hydrogen-bond acceptors (Lipinski definition) is 6. The molecular weight excluding hydrogens is 680 g/mol. The van der Waals surface area contributed by atoms with Crippen molar-refractivity contribution in [3.05, 3.63) is 138 Å². The SMILES string of the molecule is CC1(C)C(/C=C/C=C/C=C/C=C(/NCCCCSO)C(C)(C)c2ccc3ccccc3c2)=[N+](CCCCOS[O-])c2c1ccc1ccccc21.[Na+]. The van der Waals surface area contributed by atoms with Crippen molar-refractivity contribution in [2.75, 3.05) is 25.4 Å². The molecular formula is C43H50N2NaO3S2+. The second kappa shape index (κ2) is 20.0. The van der Waals surface area contributed by atoms with Crippen LogP contribution in [0.3, 0.4) is 0 Å². The third-order valence-corrected chi connectivity index (χ3v) is 10.5. The summed E-state index contributed by atoms with van der Waals surface area (Å²) in [6.07, 6.45) is 18.7. The zero-order valence-corrected chi connectivity index (χ0v) is 34.4. The van der Waals surface area contributed by atoms with Gasteiger partial charge in [-0.3, -0.25) is 0 Å². The zero-order chi connectivity index (χ0) is 35.4. The van der Waals surface area contributed by atoms with Crippen molar-refractivity contribution in [3.8, 4) is 0 Å². The Morgan fingerprint density at radius 3 is 2.35 bits per heavy atom. The summed E-state index contributed by atoms with van der Waals surface area (Å²) in [7, 11) is 0. The fourth-order valence-electron chi connectivity index (χ4n) is 6.87. The largest absolute Gasteiger partial charge is 1.00 e. The van der Waals surface area contributed by atoms with Crippen LogP contribution in [-0.4, -0.2) is 44.8 Å². The van der Waals surface area contributed by atoms with Crippen molar-refractivity contribution in [3.63, 3.8) is 0 Å². The first kappa shape index (κ1) is 41.2. The van der Waals surface area contributed by atoms with E-state index in [1.165, 1.54) is 44.1 Å². The van der Waals surface area contributed by atoms with Crippen LogP contribution in [0.5, 0.6) is 0 Å². The molecule has 0 spiro atoms. The number of nitrogens with zero attached hydrogens (tertiary/aromatic N) is 1. The molecule has 0 radical (unpaired) electrons. The van der Waals surface area contributed by atoms with Crippen molar-refractivity contribution in [2.45, 2.75) is 64.2 Å². The average Bonchev–Trinajstić information content (AvgIpc) is 3.34. The van der Waals surface area contributed by atoms with Gasteiger partial charge in [-0.2, -0.15) is 4.58 Å². The first-order chi connectivity index (χ1) is 24.3. The maximum Gasteiger partial charge on any atom is 1.00 e. The van der Waals surface area contributed by atoms with Crippen molar-refractivity contribution < 1.29 is 47.4 Å². The van der Waals surface area contributed by atoms with Gasteiger partial charge >= 0.3 is 29.6 Å². The van der Waals surface area contributed by atoms with Gasteiger partial charge < -0.3 is 18.6 Å². The minimum atomic E-state index is -0.225. The van der Waals surface area contributed by atoms with Gasteiger partial charge in [0.15, 0.2) is 5.71 Å². The second-order valence-corrected chi connectivity index (χ2v) is 14.8. The molecule has 262 valence electrons. The summed E-state index contributed by atoms with van der Waals surface area (Å²) in [6, 6.07) is 28.4. The van der Waals surface area contributed by atoms with Crippen LogP contribution in [0.25, 0.3) is 21.5 Å². The molecule has 4 aromatic rings. The van der Waals surface area contributed by atoms with E-state index in [4.69, 9.17) is 8.74 Å². The summed E-state index contributed by atoms with van der Waals surface area (Å²) in [5, 5.41) is 8.71. The zero-order valence-electron chi connectivity index (χ0n) is 30.7. The van der Waals surface area contributed by atoms with E-state index in [9.17, 15) is 4.55 Å². The first-order valence-corrected chi connectivity index (χ1v) is 19.2. The molecule has 8 heteroatoms. The van der Waals surface area contributed by atoms with Gasteiger partial charge in [-0.25, -0.2) is 0 Å². The van der Waals surface area contributed by atoms with Gasteiger partial charge in [0.05, 0.1) is 17.4 Å². The molecule has 1 aliphatic heterocycles. The molecule has 4 aromatic carbocycles. The Morgan fingerprint density at radius 2 is 1.57 bits per heavy atom. The summed E-state index contributed by atoms with van der Waals surface area (Å²) in [5.41, 5.74) is 5.92. The van der Waals surface area contributed by atoms with Gasteiger partial charge in [-0.15, -0.1) is 12.3 Å². The number of fused-ring (bicyclic) bond motifs is 4. The standard InChI is InChI=1S/C43H50N2O3S2.Na/c1-42(2,36-26-24-33-18-10-11-20-35(33)32-36)39(44-28-14-17-31-49-46)22-8-6-5-7-9-23-40-43(3,4)38-27-25-34-19-12-13-21-37(34)41(38)45(40)29-15-16-30-48-50-47;/h5-13,18-27,32,46-47H,14-17,28-31H2,1-4H3;/q;+1. The Morgan fingerprint density at radius 1 is 0.863 bits per heavy atom. The predicted octanol–water partition coefficient (Wildman–Crippen LogP) is 8.05. The molecule has 0 amide bonds. The topological polar surface area (TPSA) is 67.6 Å². The summed E-state index contributed by atoms with van der Waals surface area (Å²) in [5.74, 6) is 0.751. The Kier molecular flexibility index (Phi) is 16.2. The van der Waals surface area contributed by atoms with Crippen LogP contribution in [0.1, 0.15) is 64.5 Å². The molecule has 0 saturated heterocycles. The van der Waals surface area contributed by atoms with Crippen LogP contribution in [0.15, 0.2) is 127 Å². The fraction of sp³-hybridized carbons (Fsp3) is 0.326. The summed E-state index contributed by atoms with van der Waals surface area (Å²) < 4.78 is 27.3. The van der Waals surface area contributed by atoms with Gasteiger partial charge in [-0.05, 0) is 79.0 Å². The van der Waals surface area contributed by atoms with Crippen molar-refractivity contribution in [2.24, 2.45) is 0 Å². The molecule has 2 N–H and O–H groups in total. The normalized spacial score (nSPS) is 14.7. The maximum absolute atomic E-state index is 10.7. The van der Waals surface area contributed by atoms with Gasteiger partial charge in [0.25, 0.3) is 0 Å². The predicted molar refractivity (Wildman–Crippen MR) is 215 cm³/mol. The van der Waals surface area contributed by atoms with E-state index in [2.05, 4.69) is 159 Å². The number of nitrogens with one attached hydrogen (secondary N) is 1. The van der Waals surface area contributed by atoms with Crippen molar-refractivity contribution in [1.82, 2.24) is 5.32 Å². The molecule has 5 rings (SSSR count). The quantitative estimate of drug-likeness (QED) is 0.0355. The molecule has 0 fully saturated rings. The Hall–Kier alpha value is -2.59. The number of allylic oxidation sites excluding steroid dienone is 8. The van der Waals surface area contributed by atoms with E-state index >= 15 is 0 Å². The maximum atomic E-state index is 10.7. The van der Waals surface area contributed by atoms with Gasteiger partial charge in [0.2, 0.25) is 5.69 Å². The van der Waals surface area contributed by atoms with Crippen molar-refractivity contribution >= 4 is 57.3 Å². The molecule has 5 nitrogen and oxygen atoms in total. The van der Waals surface area contributed by atoms with Gasteiger partial charge in [0, 0.05) is 41.5 Å². The van der Waals surface area contributed by atoms with Crippen LogP contribution >= 0.6 is 24.4 Å². The fourth-order valence-corrected chi connectivity index (χ4v) is 7.39. The average molecular weight is 730 g/mol. The van der Waals surface area contributed by atoms with Crippen LogP contribution in [0, 0.1) is 0 Å². The van der Waals surface area contributed by atoms with E-state index < -0.39 is 0 Å². The molecule has 0 unspecified atom stereocenters. The smallest absolute Gasteiger partial charge is 0.776 e. The van der Waals surface area contributed by atoms with Crippen molar-refractivity contribution in [1.29, 1.82) is 0 Å². The molecule has 0 bridgehead atoms. The van der Waals surface area contributed by atoms with E-state index in [0.29, 0.717) is 6.61 Å². The summed E-state index contributed by atoms with van der Waals surface area (Å²) >= 11 is 1.11. The Balaban J connectivity index is 0.00000583. The first-order valence-electron chi connectivity index (χ1n) is 17.6. The third kappa shape index (κ3) is 10.3. The molecule has 1 aliphatic rings. The molecule has 0 aromatic heterocycles. The second-order valence-electron chi connectivity index (χ2n) is 13.8. The van der Waals surface area contributed by atoms with Gasteiger partial charge in [-0.1, -0.05) is 117 Å². The molecule has 51 heavy (non-hydrogen) atoms. The molecule has 0 atom stereocenters. The van der Waals surface area contributed by atoms with Crippen LogP contribution in [0.2, 0.25) is 0 Å². The number of unbranched alkanes of at least 4 members (excludes halogenated alkanes) is 2. The van der Waals surface area contributed by atoms with Gasteiger partial charge in [0.1, 0.15) is 6.54 Å². The summed E-state index contributed by atoms with van der Waals surface area (Å²) in [6.45, 7) is 11.3. The van der Waals surface area contributed by atoms with E-state index in [-0.39, 0.29) is 52.7 Å². The molecule has 1 heterocycles. The van der Waals surface area contributed by atoms with Crippen LogP contribution in [0.4, 0.5) is 5.69 Å².